The van der Waals surface area contributed by atoms with Gasteiger partial charge >= 0.3 is 5.97 Å². The van der Waals surface area contributed by atoms with Gasteiger partial charge in [-0.3, -0.25) is 9.59 Å². The smallest absolute Gasteiger partial charge is 0.307 e. The molecule has 0 heterocycles. The molecule has 4 heteroatoms. The second kappa shape index (κ2) is 18.0. The van der Waals surface area contributed by atoms with Gasteiger partial charge < -0.3 is 5.11 Å². The fourth-order valence-corrected chi connectivity index (χ4v) is 5.51. The van der Waals surface area contributed by atoms with Gasteiger partial charge in [0.2, 0.25) is 0 Å². The lowest BCUT2D eigenvalue weighted by atomic mass is 9.75. The summed E-state index contributed by atoms with van der Waals surface area (Å²) in [5, 5.41) is 8.53. The maximum absolute atomic E-state index is 12.4. The highest BCUT2D eigenvalue weighted by molar-refractivity contribution is 7.99. The van der Waals surface area contributed by atoms with E-state index in [2.05, 4.69) is 34.6 Å². The molecule has 2 atom stereocenters. The molecule has 2 bridgehead atoms. The van der Waals surface area contributed by atoms with E-state index in [4.69, 9.17) is 5.11 Å². The van der Waals surface area contributed by atoms with Gasteiger partial charge in [0.1, 0.15) is 5.78 Å². The Bertz CT molecular complexity index is 465. The molecule has 188 valence electrons. The van der Waals surface area contributed by atoms with Gasteiger partial charge in [-0.25, -0.2) is 0 Å². The molecule has 2 rings (SSSR count). The Labute approximate surface area is 199 Å². The van der Waals surface area contributed by atoms with Crippen LogP contribution in [0, 0.1) is 28.6 Å². The van der Waals surface area contributed by atoms with Crippen molar-refractivity contribution in [3.05, 3.63) is 0 Å². The minimum absolute atomic E-state index is 0. The number of fused-ring (bicyclic) bond motifs is 2. The molecule has 2 aliphatic rings. The largest absolute Gasteiger partial charge is 0.481 e. The Hall–Kier alpha value is -0.510. The van der Waals surface area contributed by atoms with E-state index in [0.29, 0.717) is 17.1 Å². The summed E-state index contributed by atoms with van der Waals surface area (Å²) < 4.78 is 0. The van der Waals surface area contributed by atoms with Crippen molar-refractivity contribution in [2.75, 3.05) is 11.5 Å². The maximum atomic E-state index is 12.4. The lowest BCUT2D eigenvalue weighted by molar-refractivity contribution is -0.140. The Balaban J connectivity index is -0.000000439. The van der Waals surface area contributed by atoms with Crippen LogP contribution in [0.25, 0.3) is 0 Å². The summed E-state index contributed by atoms with van der Waals surface area (Å²) in [5.41, 5.74) is 0.675. The van der Waals surface area contributed by atoms with Gasteiger partial charge in [-0.05, 0) is 55.6 Å². The highest BCUT2D eigenvalue weighted by atomic mass is 32.2. The van der Waals surface area contributed by atoms with Crippen LogP contribution in [0.2, 0.25) is 0 Å². The van der Waals surface area contributed by atoms with Crippen LogP contribution in [-0.2, 0) is 9.59 Å². The zero-order chi connectivity index (χ0) is 24.0. The number of hydrogen-bond acceptors (Lipinski definition) is 3. The number of hydrogen-bond donors (Lipinski definition) is 1. The van der Waals surface area contributed by atoms with Crippen molar-refractivity contribution < 1.29 is 14.7 Å². The zero-order valence-corrected chi connectivity index (χ0v) is 22.6. The number of thioether (sulfide) groups is 1. The monoisotopic (exact) mass is 460 g/mol. The lowest BCUT2D eigenvalue weighted by Crippen LogP contribution is -2.31. The van der Waals surface area contributed by atoms with E-state index in [1.54, 1.807) is 18.7 Å². The number of carboxylic acids is 1. The van der Waals surface area contributed by atoms with E-state index in [0.717, 1.165) is 17.9 Å². The van der Waals surface area contributed by atoms with E-state index in [-0.39, 0.29) is 24.7 Å². The zero-order valence-electron chi connectivity index (χ0n) is 21.8. The summed E-state index contributed by atoms with van der Waals surface area (Å²) in [7, 11) is 0. The average molecular weight is 461 g/mol. The van der Waals surface area contributed by atoms with Gasteiger partial charge in [0, 0.05) is 17.1 Å². The predicted octanol–water partition coefficient (Wildman–Crippen LogP) is 8.75. The molecule has 0 aromatic rings. The Morgan fingerprint density at radius 3 is 1.68 bits per heavy atom. The maximum Gasteiger partial charge on any atom is 0.307 e. The van der Waals surface area contributed by atoms with E-state index in [1.807, 2.05) is 27.7 Å². The number of ketones is 1. The molecule has 0 saturated heterocycles. The summed E-state index contributed by atoms with van der Waals surface area (Å²) in [6, 6.07) is 0. The van der Waals surface area contributed by atoms with Crippen molar-refractivity contribution in [3.8, 4) is 0 Å². The molecule has 0 aromatic heterocycles. The molecule has 3 nitrogen and oxygen atoms in total. The minimum Gasteiger partial charge on any atom is -0.481 e. The third-order valence-corrected chi connectivity index (χ3v) is 8.19. The van der Waals surface area contributed by atoms with Crippen molar-refractivity contribution in [1.29, 1.82) is 0 Å². The molecule has 1 unspecified atom stereocenters. The van der Waals surface area contributed by atoms with Crippen LogP contribution in [-0.4, -0.2) is 28.4 Å². The molecule has 2 saturated carbocycles. The quantitative estimate of drug-likeness (QED) is 0.373. The number of aliphatic carboxylic acids is 1. The predicted molar refractivity (Wildman–Crippen MR) is 141 cm³/mol. The second-order valence-electron chi connectivity index (χ2n) is 9.15. The van der Waals surface area contributed by atoms with Crippen molar-refractivity contribution in [2.24, 2.45) is 28.6 Å². The molecule has 0 aromatic carbocycles. The molecule has 2 fully saturated rings. The number of rotatable bonds is 9. The molecule has 1 N–H and O–H groups in total. The van der Waals surface area contributed by atoms with Crippen LogP contribution in [0.15, 0.2) is 0 Å². The van der Waals surface area contributed by atoms with Crippen LogP contribution in [0.4, 0.5) is 0 Å². The molecule has 0 aliphatic heterocycles. The molecule has 0 radical (unpaired) electrons. The highest BCUT2D eigenvalue weighted by Crippen LogP contribution is 2.63. The number of carboxylic acid groups (broad SMARTS) is 1. The number of carbonyl (C=O) groups is 2. The van der Waals surface area contributed by atoms with Gasteiger partial charge in [0.15, 0.2) is 0 Å². The lowest BCUT2D eigenvalue weighted by Gasteiger charge is -2.28. The molecular weight excluding hydrogens is 404 g/mol. The van der Waals surface area contributed by atoms with Crippen molar-refractivity contribution >= 4 is 23.5 Å². The number of carbonyl (C=O) groups excluding carboxylic acids is 1. The number of Topliss-reactive ketones (excluding diaryl/α,β-unsaturated/α-hetero) is 1. The van der Waals surface area contributed by atoms with E-state index in [9.17, 15) is 9.59 Å². The van der Waals surface area contributed by atoms with Gasteiger partial charge in [-0.2, -0.15) is 11.8 Å². The summed E-state index contributed by atoms with van der Waals surface area (Å²) in [4.78, 5) is 22.8. The van der Waals surface area contributed by atoms with Crippen LogP contribution < -0.4 is 0 Å². The van der Waals surface area contributed by atoms with Gasteiger partial charge in [-0.1, -0.05) is 83.1 Å². The van der Waals surface area contributed by atoms with Crippen LogP contribution in [0.3, 0.4) is 0 Å². The molecule has 2 aliphatic carbocycles. The molecule has 0 spiro atoms. The summed E-state index contributed by atoms with van der Waals surface area (Å²) in [6.45, 7) is 20.6. The Morgan fingerprint density at radius 1 is 0.871 bits per heavy atom. The van der Waals surface area contributed by atoms with E-state index in [1.165, 1.54) is 38.5 Å². The minimum atomic E-state index is -0.693. The van der Waals surface area contributed by atoms with Crippen molar-refractivity contribution in [2.45, 2.75) is 122 Å². The third kappa shape index (κ3) is 11.3. The average Bonchev–Trinajstić information content (AvgIpc) is 3.34. The van der Waals surface area contributed by atoms with Gasteiger partial charge in [0.25, 0.3) is 0 Å². The first kappa shape index (κ1) is 35.1. The fraction of sp³-hybridized carbons (Fsp3) is 0.926. The van der Waals surface area contributed by atoms with Crippen LogP contribution in [0.5, 0.6) is 0 Å². The van der Waals surface area contributed by atoms with E-state index < -0.39 is 5.97 Å². The van der Waals surface area contributed by atoms with Gasteiger partial charge in [0.05, 0.1) is 5.92 Å². The van der Waals surface area contributed by atoms with Gasteiger partial charge in [-0.15, -0.1) is 0 Å². The Kier molecular flexibility index (Phi) is 20.3. The third-order valence-electron chi connectivity index (χ3n) is 6.55. The standard InChI is InChI=1S/C14H24O.C8H16O2S.2C2H6.CH4/c1-4-11(3)12(15)14-8-6-13(5-2,10-14)7-9-14;1-6(2)4-11-5-7(3)8(9)10;2*1-2;/h11H,4-10H2,1-3H3;6-7H,4-5H2,1-3H3,(H,9,10);2*1-2H3;1H4/t;7-;;;/m.0.../s1. The van der Waals surface area contributed by atoms with E-state index >= 15 is 0 Å². The molecule has 31 heavy (non-hydrogen) atoms. The fourth-order valence-electron chi connectivity index (χ4n) is 4.40. The highest BCUT2D eigenvalue weighted by Gasteiger charge is 2.56. The normalized spacial score (nSPS) is 24.9. The SMILES string of the molecule is C.CC.CC.CC(C)CSC[C@H](C)C(=O)O.CCC(C)C(=O)C12CCC(CC)(CC1)C2. The first-order valence-electron chi connectivity index (χ1n) is 12.5. The summed E-state index contributed by atoms with van der Waals surface area (Å²) >= 11 is 1.72. The van der Waals surface area contributed by atoms with Crippen molar-refractivity contribution in [3.63, 3.8) is 0 Å². The second-order valence-corrected chi connectivity index (χ2v) is 10.2. The topological polar surface area (TPSA) is 54.4 Å². The summed E-state index contributed by atoms with van der Waals surface area (Å²) in [5.74, 6) is 2.40. The van der Waals surface area contributed by atoms with Crippen molar-refractivity contribution in [1.82, 2.24) is 0 Å². The first-order chi connectivity index (χ1) is 14.1. The molecular formula is C27H56O3S. The van der Waals surface area contributed by atoms with Crippen LogP contribution in [0.1, 0.15) is 122 Å². The first-order valence-corrected chi connectivity index (χ1v) is 13.6. The Morgan fingerprint density at radius 2 is 1.35 bits per heavy atom. The molecule has 0 amide bonds. The van der Waals surface area contributed by atoms with Crippen LogP contribution >= 0.6 is 11.8 Å². The summed E-state index contributed by atoms with van der Waals surface area (Å²) in [6.07, 6.45) is 8.49.